The lowest BCUT2D eigenvalue weighted by Crippen LogP contribution is -2.31. The van der Waals surface area contributed by atoms with E-state index in [-0.39, 0.29) is 0 Å². The van der Waals surface area contributed by atoms with Gasteiger partial charge in [-0.1, -0.05) is 34.1 Å². The van der Waals surface area contributed by atoms with E-state index in [1.54, 1.807) is 0 Å². The van der Waals surface area contributed by atoms with Crippen LogP contribution < -0.4 is 5.73 Å². The number of benzene rings is 1. The normalized spacial score (nSPS) is 17.8. The van der Waals surface area contributed by atoms with Crippen molar-refractivity contribution in [2.24, 2.45) is 11.1 Å². The van der Waals surface area contributed by atoms with Crippen molar-refractivity contribution in [3.05, 3.63) is 34.3 Å². The highest BCUT2D eigenvalue weighted by molar-refractivity contribution is 9.10. The van der Waals surface area contributed by atoms with E-state index in [1.807, 2.05) is 0 Å². The summed E-state index contributed by atoms with van der Waals surface area (Å²) in [5, 5.41) is 0. The van der Waals surface area contributed by atoms with Gasteiger partial charge in [0.1, 0.15) is 0 Å². The molecule has 2 nitrogen and oxygen atoms in total. The van der Waals surface area contributed by atoms with Crippen LogP contribution in [0.2, 0.25) is 0 Å². The maximum atomic E-state index is 5.80. The van der Waals surface area contributed by atoms with Gasteiger partial charge in [0.25, 0.3) is 0 Å². The van der Waals surface area contributed by atoms with E-state index in [2.05, 4.69) is 52.1 Å². The summed E-state index contributed by atoms with van der Waals surface area (Å²) >= 11 is 3.59. The molecule has 2 rings (SSSR count). The Morgan fingerprint density at radius 1 is 1.38 bits per heavy atom. The summed E-state index contributed by atoms with van der Waals surface area (Å²) in [4.78, 5) is 2.37. The molecule has 0 amide bonds. The van der Waals surface area contributed by atoms with E-state index < -0.39 is 0 Å². The molecule has 16 heavy (non-hydrogen) atoms. The summed E-state index contributed by atoms with van der Waals surface area (Å²) in [6.45, 7) is 2.93. The Kier molecular flexibility index (Phi) is 3.67. The lowest BCUT2D eigenvalue weighted by atomic mass is 10.1. The lowest BCUT2D eigenvalue weighted by molar-refractivity contribution is 0.259. The van der Waals surface area contributed by atoms with Crippen LogP contribution in [0.1, 0.15) is 18.4 Å². The Labute approximate surface area is 106 Å². The second-order valence-corrected chi connectivity index (χ2v) is 5.82. The zero-order valence-corrected chi connectivity index (χ0v) is 11.3. The van der Waals surface area contributed by atoms with Gasteiger partial charge in [0.2, 0.25) is 0 Å². The lowest BCUT2D eigenvalue weighted by Gasteiger charge is -2.23. The maximum absolute atomic E-state index is 5.80. The Morgan fingerprint density at radius 3 is 2.62 bits per heavy atom. The van der Waals surface area contributed by atoms with Crippen LogP contribution in [0.15, 0.2) is 28.7 Å². The minimum atomic E-state index is 0.427. The second-order valence-electron chi connectivity index (χ2n) is 4.97. The third kappa shape index (κ3) is 2.84. The fourth-order valence-corrected chi connectivity index (χ4v) is 2.56. The van der Waals surface area contributed by atoms with E-state index in [0.29, 0.717) is 5.41 Å². The Balaban J connectivity index is 1.92. The molecular weight excluding hydrogens is 264 g/mol. The largest absolute Gasteiger partial charge is 0.330 e. The van der Waals surface area contributed by atoms with Crippen molar-refractivity contribution in [1.29, 1.82) is 0 Å². The van der Waals surface area contributed by atoms with Crippen LogP contribution in [0, 0.1) is 5.41 Å². The Hall–Kier alpha value is -0.380. The average Bonchev–Trinajstić information content (AvgIpc) is 3.02. The van der Waals surface area contributed by atoms with Crippen LogP contribution in [-0.2, 0) is 6.54 Å². The van der Waals surface area contributed by atoms with Crippen LogP contribution in [0.5, 0.6) is 0 Å². The van der Waals surface area contributed by atoms with Gasteiger partial charge in [0.15, 0.2) is 0 Å². The van der Waals surface area contributed by atoms with Gasteiger partial charge in [-0.15, -0.1) is 0 Å². The molecule has 0 aromatic heterocycles. The zero-order valence-electron chi connectivity index (χ0n) is 9.75. The molecule has 0 aliphatic heterocycles. The summed E-state index contributed by atoms with van der Waals surface area (Å²) in [6.07, 6.45) is 2.59. The van der Waals surface area contributed by atoms with Crippen molar-refractivity contribution in [3.8, 4) is 0 Å². The van der Waals surface area contributed by atoms with Crippen LogP contribution in [0.4, 0.5) is 0 Å². The van der Waals surface area contributed by atoms with Crippen LogP contribution in [0.3, 0.4) is 0 Å². The van der Waals surface area contributed by atoms with Crippen LogP contribution >= 0.6 is 15.9 Å². The predicted molar refractivity (Wildman–Crippen MR) is 71.2 cm³/mol. The van der Waals surface area contributed by atoms with E-state index in [4.69, 9.17) is 5.73 Å². The fraction of sp³-hybridized carbons (Fsp3) is 0.538. The summed E-state index contributed by atoms with van der Waals surface area (Å²) in [5.74, 6) is 0. The molecule has 0 atom stereocenters. The number of nitrogens with zero attached hydrogens (tertiary/aromatic N) is 1. The molecule has 1 aliphatic rings. The van der Waals surface area contributed by atoms with Gasteiger partial charge in [-0.05, 0) is 43.5 Å². The van der Waals surface area contributed by atoms with Gasteiger partial charge < -0.3 is 10.6 Å². The average molecular weight is 283 g/mol. The molecular formula is C13H19BrN2. The van der Waals surface area contributed by atoms with E-state index in [0.717, 1.165) is 19.6 Å². The molecule has 0 radical (unpaired) electrons. The standard InChI is InChI=1S/C13H19BrN2/c1-16(10-13(9-15)6-7-13)8-11-4-2-3-5-12(11)14/h2-5H,6-10,15H2,1H3. The van der Waals surface area contributed by atoms with Gasteiger partial charge in [0, 0.05) is 17.6 Å². The first kappa shape index (κ1) is 12.1. The number of nitrogens with two attached hydrogens (primary N) is 1. The molecule has 3 heteroatoms. The minimum Gasteiger partial charge on any atom is -0.330 e. The zero-order chi connectivity index (χ0) is 11.6. The molecule has 2 N–H and O–H groups in total. The highest BCUT2D eigenvalue weighted by atomic mass is 79.9. The van der Waals surface area contributed by atoms with Gasteiger partial charge in [-0.3, -0.25) is 0 Å². The molecule has 88 valence electrons. The van der Waals surface area contributed by atoms with Crippen molar-refractivity contribution in [2.75, 3.05) is 20.1 Å². The summed E-state index contributed by atoms with van der Waals surface area (Å²) in [5.41, 5.74) is 7.58. The van der Waals surface area contributed by atoms with Gasteiger partial charge in [0.05, 0.1) is 0 Å². The van der Waals surface area contributed by atoms with Crippen molar-refractivity contribution in [1.82, 2.24) is 4.90 Å². The topological polar surface area (TPSA) is 29.3 Å². The summed E-state index contributed by atoms with van der Waals surface area (Å²) in [7, 11) is 2.18. The van der Waals surface area contributed by atoms with Gasteiger partial charge >= 0.3 is 0 Å². The quantitative estimate of drug-likeness (QED) is 0.900. The monoisotopic (exact) mass is 282 g/mol. The van der Waals surface area contributed by atoms with Crippen LogP contribution in [0.25, 0.3) is 0 Å². The third-order valence-corrected chi connectivity index (χ3v) is 4.17. The van der Waals surface area contributed by atoms with E-state index >= 15 is 0 Å². The molecule has 0 heterocycles. The number of halogens is 1. The molecule has 1 aromatic carbocycles. The van der Waals surface area contributed by atoms with E-state index in [1.165, 1.54) is 22.9 Å². The smallest absolute Gasteiger partial charge is 0.0242 e. The first-order chi connectivity index (χ1) is 7.65. The molecule has 1 aliphatic carbocycles. The first-order valence-electron chi connectivity index (χ1n) is 5.77. The van der Waals surface area contributed by atoms with Gasteiger partial charge in [-0.2, -0.15) is 0 Å². The van der Waals surface area contributed by atoms with Crippen molar-refractivity contribution >= 4 is 15.9 Å². The minimum absolute atomic E-state index is 0.427. The third-order valence-electron chi connectivity index (χ3n) is 3.39. The predicted octanol–water partition coefficient (Wildman–Crippen LogP) is 2.62. The van der Waals surface area contributed by atoms with Crippen molar-refractivity contribution in [2.45, 2.75) is 19.4 Å². The van der Waals surface area contributed by atoms with Crippen molar-refractivity contribution < 1.29 is 0 Å². The Bertz CT molecular complexity index is 361. The first-order valence-corrected chi connectivity index (χ1v) is 6.57. The van der Waals surface area contributed by atoms with E-state index in [9.17, 15) is 0 Å². The fourth-order valence-electron chi connectivity index (χ4n) is 2.15. The molecule has 1 fully saturated rings. The molecule has 1 saturated carbocycles. The highest BCUT2D eigenvalue weighted by Gasteiger charge is 2.41. The number of hydrogen-bond acceptors (Lipinski definition) is 2. The SMILES string of the molecule is CN(Cc1ccccc1Br)CC1(CN)CC1. The molecule has 0 bridgehead atoms. The summed E-state index contributed by atoms with van der Waals surface area (Å²) < 4.78 is 1.19. The second kappa shape index (κ2) is 4.86. The number of hydrogen-bond donors (Lipinski definition) is 1. The summed E-state index contributed by atoms with van der Waals surface area (Å²) in [6, 6.07) is 8.40. The maximum Gasteiger partial charge on any atom is 0.0242 e. The van der Waals surface area contributed by atoms with Gasteiger partial charge in [-0.25, -0.2) is 0 Å². The molecule has 1 aromatic rings. The molecule has 0 unspecified atom stereocenters. The highest BCUT2D eigenvalue weighted by Crippen LogP contribution is 2.45. The van der Waals surface area contributed by atoms with Crippen LogP contribution in [-0.4, -0.2) is 25.0 Å². The number of rotatable bonds is 5. The molecule has 0 saturated heterocycles. The van der Waals surface area contributed by atoms with Crippen molar-refractivity contribution in [3.63, 3.8) is 0 Å². The molecule has 0 spiro atoms. The Morgan fingerprint density at radius 2 is 2.06 bits per heavy atom.